The highest BCUT2D eigenvalue weighted by atomic mass is 15.0. The Labute approximate surface area is 120 Å². The van der Waals surface area contributed by atoms with E-state index in [1.165, 1.54) is 30.4 Å². The molecule has 3 rings (SSSR count). The number of hydrogen-bond donors (Lipinski definition) is 1. The number of nitrogens with zero attached hydrogens (tertiary/aromatic N) is 2. The molecule has 2 unspecified atom stereocenters. The van der Waals surface area contributed by atoms with Crippen LogP contribution in [-0.2, 0) is 6.42 Å². The number of fused-ring (bicyclic) bond motifs is 1. The molecular formula is C17H21N3. The summed E-state index contributed by atoms with van der Waals surface area (Å²) in [5, 5.41) is 3.73. The molecule has 0 spiro atoms. The van der Waals surface area contributed by atoms with Gasteiger partial charge in [0.05, 0.1) is 11.4 Å². The van der Waals surface area contributed by atoms with Gasteiger partial charge in [-0.1, -0.05) is 24.3 Å². The number of benzene rings is 1. The first-order chi connectivity index (χ1) is 9.75. The number of aromatic nitrogens is 2. The van der Waals surface area contributed by atoms with Gasteiger partial charge in [0.25, 0.3) is 0 Å². The average Bonchev–Trinajstić information content (AvgIpc) is 2.48. The number of rotatable bonds is 3. The molecule has 0 radical (unpaired) electrons. The summed E-state index contributed by atoms with van der Waals surface area (Å²) in [7, 11) is 0. The molecule has 0 fully saturated rings. The van der Waals surface area contributed by atoms with Crippen molar-refractivity contribution in [1.29, 1.82) is 0 Å². The van der Waals surface area contributed by atoms with Crippen molar-refractivity contribution in [2.75, 3.05) is 0 Å². The van der Waals surface area contributed by atoms with Gasteiger partial charge in [-0.15, -0.1) is 0 Å². The Balaban J connectivity index is 1.81. The Morgan fingerprint density at radius 3 is 2.85 bits per heavy atom. The average molecular weight is 267 g/mol. The van der Waals surface area contributed by atoms with Crippen molar-refractivity contribution < 1.29 is 0 Å². The van der Waals surface area contributed by atoms with Gasteiger partial charge in [-0.25, -0.2) is 0 Å². The van der Waals surface area contributed by atoms with E-state index in [9.17, 15) is 0 Å². The number of hydrogen-bond acceptors (Lipinski definition) is 3. The van der Waals surface area contributed by atoms with Crippen LogP contribution in [0.25, 0.3) is 0 Å². The lowest BCUT2D eigenvalue weighted by Crippen LogP contribution is -2.28. The molecule has 2 aromatic rings. The number of nitrogens with one attached hydrogen (secondary N) is 1. The predicted molar refractivity (Wildman–Crippen MR) is 80.4 cm³/mol. The fourth-order valence-electron chi connectivity index (χ4n) is 3.15. The number of aryl methyl sites for hydroxylation is 2. The molecule has 104 valence electrons. The first-order valence-corrected chi connectivity index (χ1v) is 7.37. The summed E-state index contributed by atoms with van der Waals surface area (Å²) < 4.78 is 0. The second-order valence-electron chi connectivity index (χ2n) is 5.56. The van der Waals surface area contributed by atoms with Crippen molar-refractivity contribution in [1.82, 2.24) is 15.3 Å². The molecule has 0 bridgehead atoms. The standard InChI is InChI=1S/C17H21N3/c1-12-17(19-11-10-18-12)13(2)20-16-9-5-7-14-6-3-4-8-15(14)16/h3-4,6,8,10-11,13,16,20H,5,7,9H2,1-2H3. The van der Waals surface area contributed by atoms with Crippen molar-refractivity contribution in [3.05, 3.63) is 59.2 Å². The summed E-state index contributed by atoms with van der Waals surface area (Å²) >= 11 is 0. The van der Waals surface area contributed by atoms with Gasteiger partial charge in [0.2, 0.25) is 0 Å². The Kier molecular flexibility index (Phi) is 3.79. The van der Waals surface area contributed by atoms with Crippen molar-refractivity contribution in [2.24, 2.45) is 0 Å². The van der Waals surface area contributed by atoms with Crippen molar-refractivity contribution in [3.8, 4) is 0 Å². The van der Waals surface area contributed by atoms with E-state index < -0.39 is 0 Å². The summed E-state index contributed by atoms with van der Waals surface area (Å²) in [5.41, 5.74) is 5.00. The lowest BCUT2D eigenvalue weighted by Gasteiger charge is -2.29. The highest BCUT2D eigenvalue weighted by Gasteiger charge is 2.22. The lowest BCUT2D eigenvalue weighted by atomic mass is 9.87. The first-order valence-electron chi connectivity index (χ1n) is 7.37. The summed E-state index contributed by atoms with van der Waals surface area (Å²) in [4.78, 5) is 8.81. The van der Waals surface area contributed by atoms with Crippen LogP contribution in [0.2, 0.25) is 0 Å². The topological polar surface area (TPSA) is 37.8 Å². The van der Waals surface area contributed by atoms with Gasteiger partial charge in [0.15, 0.2) is 0 Å². The van der Waals surface area contributed by atoms with Crippen molar-refractivity contribution >= 4 is 0 Å². The molecule has 3 nitrogen and oxygen atoms in total. The van der Waals surface area contributed by atoms with Gasteiger partial charge in [0.1, 0.15) is 0 Å². The van der Waals surface area contributed by atoms with Crippen LogP contribution in [0.3, 0.4) is 0 Å². The Morgan fingerprint density at radius 1 is 1.20 bits per heavy atom. The van der Waals surface area contributed by atoms with Crippen LogP contribution in [-0.4, -0.2) is 9.97 Å². The summed E-state index contributed by atoms with van der Waals surface area (Å²) in [6.07, 6.45) is 7.17. The molecule has 1 aromatic heterocycles. The monoisotopic (exact) mass is 267 g/mol. The second kappa shape index (κ2) is 5.71. The maximum atomic E-state index is 4.47. The molecule has 2 atom stereocenters. The third-order valence-corrected chi connectivity index (χ3v) is 4.15. The molecule has 0 aliphatic heterocycles. The van der Waals surface area contributed by atoms with Crippen LogP contribution >= 0.6 is 0 Å². The smallest absolute Gasteiger partial charge is 0.0782 e. The molecule has 1 heterocycles. The lowest BCUT2D eigenvalue weighted by molar-refractivity contribution is 0.409. The van der Waals surface area contributed by atoms with E-state index in [2.05, 4.69) is 46.5 Å². The maximum Gasteiger partial charge on any atom is 0.0782 e. The minimum Gasteiger partial charge on any atom is -0.302 e. The highest BCUT2D eigenvalue weighted by molar-refractivity contribution is 5.32. The van der Waals surface area contributed by atoms with Crippen molar-refractivity contribution in [3.63, 3.8) is 0 Å². The van der Waals surface area contributed by atoms with E-state index in [0.29, 0.717) is 6.04 Å². The second-order valence-corrected chi connectivity index (χ2v) is 5.56. The van der Waals surface area contributed by atoms with Crippen LogP contribution in [0.5, 0.6) is 0 Å². The molecule has 0 amide bonds. The molecule has 1 aromatic carbocycles. The predicted octanol–water partition coefficient (Wildman–Crippen LogP) is 3.51. The molecular weight excluding hydrogens is 246 g/mol. The van der Waals surface area contributed by atoms with Gasteiger partial charge in [-0.05, 0) is 44.2 Å². The third-order valence-electron chi connectivity index (χ3n) is 4.15. The Morgan fingerprint density at radius 2 is 2.00 bits per heavy atom. The summed E-state index contributed by atoms with van der Waals surface area (Å²) in [5.74, 6) is 0. The Hall–Kier alpha value is -1.74. The molecule has 0 saturated heterocycles. The SMILES string of the molecule is Cc1nccnc1C(C)NC1CCCc2ccccc21. The zero-order chi connectivity index (χ0) is 13.9. The normalized spacial score (nSPS) is 19.4. The summed E-state index contributed by atoms with van der Waals surface area (Å²) in [6.45, 7) is 4.20. The highest BCUT2D eigenvalue weighted by Crippen LogP contribution is 2.31. The molecule has 0 saturated carbocycles. The van der Waals surface area contributed by atoms with E-state index in [-0.39, 0.29) is 6.04 Å². The van der Waals surface area contributed by atoms with Crippen LogP contribution < -0.4 is 5.32 Å². The van der Waals surface area contributed by atoms with Gasteiger partial charge >= 0.3 is 0 Å². The molecule has 1 aliphatic carbocycles. The molecule has 1 N–H and O–H groups in total. The van der Waals surface area contributed by atoms with Crippen LogP contribution in [0.1, 0.15) is 54.4 Å². The quantitative estimate of drug-likeness (QED) is 0.924. The van der Waals surface area contributed by atoms with Crippen LogP contribution in [0, 0.1) is 6.92 Å². The summed E-state index contributed by atoms with van der Waals surface area (Å²) in [6, 6.07) is 9.43. The fourth-order valence-corrected chi connectivity index (χ4v) is 3.15. The van der Waals surface area contributed by atoms with E-state index >= 15 is 0 Å². The van der Waals surface area contributed by atoms with E-state index in [1.807, 2.05) is 6.92 Å². The third kappa shape index (κ3) is 2.59. The van der Waals surface area contributed by atoms with Crippen LogP contribution in [0.15, 0.2) is 36.7 Å². The minimum atomic E-state index is 0.222. The zero-order valence-corrected chi connectivity index (χ0v) is 12.1. The van der Waals surface area contributed by atoms with E-state index in [0.717, 1.165) is 11.4 Å². The van der Waals surface area contributed by atoms with Gasteiger partial charge in [-0.3, -0.25) is 9.97 Å². The Bertz CT molecular complexity index is 594. The van der Waals surface area contributed by atoms with Gasteiger partial charge < -0.3 is 5.32 Å². The fraction of sp³-hybridized carbons (Fsp3) is 0.412. The van der Waals surface area contributed by atoms with E-state index in [4.69, 9.17) is 0 Å². The largest absolute Gasteiger partial charge is 0.302 e. The maximum absolute atomic E-state index is 4.47. The van der Waals surface area contributed by atoms with Gasteiger partial charge in [0, 0.05) is 24.5 Å². The molecule has 20 heavy (non-hydrogen) atoms. The zero-order valence-electron chi connectivity index (χ0n) is 12.1. The molecule has 3 heteroatoms. The first kappa shape index (κ1) is 13.3. The van der Waals surface area contributed by atoms with Crippen molar-refractivity contribution in [2.45, 2.75) is 45.2 Å². The van der Waals surface area contributed by atoms with Gasteiger partial charge in [-0.2, -0.15) is 0 Å². The molecule has 1 aliphatic rings. The van der Waals surface area contributed by atoms with Crippen LogP contribution in [0.4, 0.5) is 0 Å². The minimum absolute atomic E-state index is 0.222. The van der Waals surface area contributed by atoms with E-state index in [1.54, 1.807) is 12.4 Å².